The van der Waals surface area contributed by atoms with Gasteiger partial charge in [-0.3, -0.25) is 4.79 Å². The van der Waals surface area contributed by atoms with Gasteiger partial charge in [-0.15, -0.1) is 0 Å². The molecule has 1 amide bonds. The molecule has 2 heterocycles. The van der Waals surface area contributed by atoms with Crippen LogP contribution < -0.4 is 10.1 Å². The fourth-order valence-corrected chi connectivity index (χ4v) is 4.08. The number of nitrogens with zero attached hydrogens (tertiary/aromatic N) is 3. The quantitative estimate of drug-likeness (QED) is 0.314. The van der Waals surface area contributed by atoms with Gasteiger partial charge in [-0.2, -0.15) is 0 Å². The zero-order chi connectivity index (χ0) is 24.4. The smallest absolute Gasteiger partial charge is 0.253 e. The minimum atomic E-state index is -0.0113. The predicted octanol–water partition coefficient (Wildman–Crippen LogP) is 6.48. The maximum atomic E-state index is 12.2. The average molecular weight is 463 g/mol. The number of hydrogen-bond acceptors (Lipinski definition) is 4. The number of carbonyl (C=O) groups excluding carboxylic acids is 1. The number of benzene rings is 3. The average Bonchev–Trinajstić information content (AvgIpc) is 3.22. The van der Waals surface area contributed by atoms with Crippen LogP contribution in [0.2, 0.25) is 0 Å². The molecular weight excluding hydrogens is 436 g/mol. The van der Waals surface area contributed by atoms with E-state index < -0.39 is 0 Å². The van der Waals surface area contributed by atoms with E-state index in [1.165, 1.54) is 0 Å². The summed E-state index contributed by atoms with van der Waals surface area (Å²) in [6.07, 6.45) is 1.80. The van der Waals surface area contributed by atoms with Crippen LogP contribution >= 0.6 is 0 Å². The summed E-state index contributed by atoms with van der Waals surface area (Å²) in [5, 5.41) is 4.45. The Bertz CT molecular complexity index is 1490. The third-order valence-corrected chi connectivity index (χ3v) is 5.88. The predicted molar refractivity (Wildman–Crippen MR) is 140 cm³/mol. The van der Waals surface area contributed by atoms with Crippen LogP contribution in [0.25, 0.3) is 22.2 Å². The molecule has 0 unspecified atom stereocenters. The molecule has 0 aliphatic heterocycles. The number of pyridine rings is 1. The minimum Gasteiger partial charge on any atom is -0.457 e. The zero-order valence-corrected chi connectivity index (χ0v) is 19.9. The molecule has 0 atom stereocenters. The van der Waals surface area contributed by atoms with Gasteiger partial charge in [0.15, 0.2) is 0 Å². The first-order chi connectivity index (χ1) is 17.0. The molecule has 6 heteroatoms. The van der Waals surface area contributed by atoms with Crippen LogP contribution in [-0.4, -0.2) is 34.5 Å². The third-order valence-electron chi connectivity index (χ3n) is 5.88. The van der Waals surface area contributed by atoms with Crippen molar-refractivity contribution in [2.75, 3.05) is 19.4 Å². The second kappa shape index (κ2) is 9.35. The Morgan fingerprint density at radius 3 is 2.37 bits per heavy atom. The van der Waals surface area contributed by atoms with E-state index in [2.05, 4.69) is 20.9 Å². The van der Waals surface area contributed by atoms with Gasteiger partial charge in [-0.1, -0.05) is 36.4 Å². The Hall–Kier alpha value is -4.58. The summed E-state index contributed by atoms with van der Waals surface area (Å²) in [6.45, 7) is 0. The lowest BCUT2D eigenvalue weighted by Crippen LogP contribution is -2.21. The molecule has 0 fully saturated rings. The van der Waals surface area contributed by atoms with E-state index in [4.69, 9.17) is 4.74 Å². The Labute approximate surface area is 204 Å². The topological polar surface area (TPSA) is 59.4 Å². The first-order valence-corrected chi connectivity index (χ1v) is 11.4. The highest BCUT2D eigenvalue weighted by Crippen LogP contribution is 2.33. The molecule has 0 saturated heterocycles. The van der Waals surface area contributed by atoms with Gasteiger partial charge in [-0.05, 0) is 54.1 Å². The number of rotatable bonds is 6. The molecule has 0 aliphatic rings. The van der Waals surface area contributed by atoms with Crippen molar-refractivity contribution in [3.8, 4) is 22.8 Å². The summed E-state index contributed by atoms with van der Waals surface area (Å²) < 4.78 is 8.11. The van der Waals surface area contributed by atoms with Gasteiger partial charge < -0.3 is 19.5 Å². The molecule has 2 aromatic heterocycles. The van der Waals surface area contributed by atoms with Crippen LogP contribution in [0.15, 0.2) is 97.2 Å². The number of para-hydroxylation sites is 1. The summed E-state index contributed by atoms with van der Waals surface area (Å²) in [5.41, 5.74) is 4.68. The number of nitrogens with one attached hydrogen (secondary N) is 1. The lowest BCUT2D eigenvalue weighted by molar-refractivity contribution is 0.0827. The van der Waals surface area contributed by atoms with Crippen molar-refractivity contribution >= 4 is 28.3 Å². The van der Waals surface area contributed by atoms with Crippen LogP contribution in [0.4, 0.5) is 11.5 Å². The monoisotopic (exact) mass is 462 g/mol. The van der Waals surface area contributed by atoms with Gasteiger partial charge in [-0.25, -0.2) is 4.98 Å². The van der Waals surface area contributed by atoms with Crippen molar-refractivity contribution < 1.29 is 9.53 Å². The van der Waals surface area contributed by atoms with Crippen molar-refractivity contribution in [1.29, 1.82) is 0 Å². The van der Waals surface area contributed by atoms with Gasteiger partial charge in [0.1, 0.15) is 17.3 Å². The zero-order valence-electron chi connectivity index (χ0n) is 19.9. The van der Waals surface area contributed by atoms with E-state index in [1.807, 2.05) is 92.0 Å². The van der Waals surface area contributed by atoms with E-state index >= 15 is 0 Å². The molecule has 0 spiro atoms. The first-order valence-electron chi connectivity index (χ1n) is 11.4. The maximum Gasteiger partial charge on any atom is 0.253 e. The van der Waals surface area contributed by atoms with E-state index in [0.717, 1.165) is 45.2 Å². The Morgan fingerprint density at radius 1 is 0.886 bits per heavy atom. The lowest BCUT2D eigenvalue weighted by Gasteiger charge is -2.11. The van der Waals surface area contributed by atoms with Crippen molar-refractivity contribution in [3.63, 3.8) is 0 Å². The first kappa shape index (κ1) is 22.2. The van der Waals surface area contributed by atoms with Crippen molar-refractivity contribution in [2.24, 2.45) is 7.05 Å². The molecule has 35 heavy (non-hydrogen) atoms. The second-order valence-electron chi connectivity index (χ2n) is 8.53. The highest BCUT2D eigenvalue weighted by atomic mass is 16.5. The van der Waals surface area contributed by atoms with Crippen molar-refractivity contribution in [3.05, 3.63) is 103 Å². The van der Waals surface area contributed by atoms with E-state index in [1.54, 1.807) is 25.2 Å². The SMILES string of the molecule is CN(C)C(=O)c1ccc(-c2cc3c(Nc4cccc(Oc5ccccc5)c4)nccc3n2C)cc1. The Kier molecular flexibility index (Phi) is 5.94. The number of ether oxygens (including phenoxy) is 1. The Morgan fingerprint density at radius 2 is 1.63 bits per heavy atom. The minimum absolute atomic E-state index is 0.0113. The number of aromatic nitrogens is 2. The van der Waals surface area contributed by atoms with Crippen molar-refractivity contribution in [1.82, 2.24) is 14.5 Å². The molecule has 6 nitrogen and oxygen atoms in total. The van der Waals surface area contributed by atoms with Gasteiger partial charge in [0, 0.05) is 55.7 Å². The van der Waals surface area contributed by atoms with Gasteiger partial charge in [0.2, 0.25) is 0 Å². The number of carbonyl (C=O) groups is 1. The largest absolute Gasteiger partial charge is 0.457 e. The molecule has 0 aliphatic carbocycles. The number of hydrogen-bond donors (Lipinski definition) is 1. The molecule has 0 radical (unpaired) electrons. The van der Waals surface area contributed by atoms with Gasteiger partial charge in [0.05, 0.1) is 5.52 Å². The molecule has 0 saturated carbocycles. The molecular formula is C29H26N4O2. The summed E-state index contributed by atoms with van der Waals surface area (Å²) in [7, 11) is 5.55. The third kappa shape index (κ3) is 4.59. The molecule has 174 valence electrons. The summed E-state index contributed by atoms with van der Waals surface area (Å²) in [4.78, 5) is 18.4. The number of fused-ring (bicyclic) bond motifs is 1. The van der Waals surface area contributed by atoms with Crippen molar-refractivity contribution in [2.45, 2.75) is 0 Å². The summed E-state index contributed by atoms with van der Waals surface area (Å²) in [6, 6.07) is 29.4. The molecule has 0 bridgehead atoms. The summed E-state index contributed by atoms with van der Waals surface area (Å²) in [5.74, 6) is 2.29. The van der Waals surface area contributed by atoms with Crippen LogP contribution in [0.3, 0.4) is 0 Å². The van der Waals surface area contributed by atoms with Gasteiger partial charge >= 0.3 is 0 Å². The standard InChI is InChI=1S/C29H26N4O2/c1-32(2)29(34)21-14-12-20(13-15-21)27-19-25-26(33(27)3)16-17-30-28(25)31-22-8-7-11-24(18-22)35-23-9-5-4-6-10-23/h4-19H,1-3H3,(H,30,31). The number of anilines is 2. The molecule has 5 rings (SSSR count). The fourth-order valence-electron chi connectivity index (χ4n) is 4.08. The number of aryl methyl sites for hydroxylation is 1. The van der Waals surface area contributed by atoms with E-state index in [-0.39, 0.29) is 5.91 Å². The maximum absolute atomic E-state index is 12.2. The fraction of sp³-hybridized carbons (Fsp3) is 0.103. The number of amides is 1. The van der Waals surface area contributed by atoms with E-state index in [9.17, 15) is 4.79 Å². The highest BCUT2D eigenvalue weighted by Gasteiger charge is 2.14. The highest BCUT2D eigenvalue weighted by molar-refractivity contribution is 5.97. The molecule has 3 aromatic carbocycles. The Balaban J connectivity index is 1.44. The van der Waals surface area contributed by atoms with Crippen LogP contribution in [0, 0.1) is 0 Å². The second-order valence-corrected chi connectivity index (χ2v) is 8.53. The normalized spacial score (nSPS) is 10.8. The van der Waals surface area contributed by atoms with E-state index in [0.29, 0.717) is 5.56 Å². The molecule has 5 aromatic rings. The van der Waals surface area contributed by atoms with Crippen LogP contribution in [-0.2, 0) is 7.05 Å². The molecule has 1 N–H and O–H groups in total. The summed E-state index contributed by atoms with van der Waals surface area (Å²) >= 11 is 0. The van der Waals surface area contributed by atoms with Gasteiger partial charge in [0.25, 0.3) is 5.91 Å². The van der Waals surface area contributed by atoms with Crippen LogP contribution in [0.1, 0.15) is 10.4 Å². The lowest BCUT2D eigenvalue weighted by atomic mass is 10.1. The van der Waals surface area contributed by atoms with Crippen LogP contribution in [0.5, 0.6) is 11.5 Å².